The highest BCUT2D eigenvalue weighted by Crippen LogP contribution is 2.44. The Morgan fingerprint density at radius 1 is 1.05 bits per heavy atom. The van der Waals surface area contributed by atoms with Gasteiger partial charge in [0.15, 0.2) is 16.6 Å². The minimum Gasteiger partial charge on any atom is -0.507 e. The van der Waals surface area contributed by atoms with Crippen LogP contribution in [0.5, 0.6) is 11.5 Å². The topological polar surface area (TPSA) is 142 Å². The lowest BCUT2D eigenvalue weighted by molar-refractivity contribution is -0.132. The van der Waals surface area contributed by atoms with Gasteiger partial charge >= 0.3 is 17.8 Å². The zero-order valence-electron chi connectivity index (χ0n) is 21.8. The summed E-state index contributed by atoms with van der Waals surface area (Å²) >= 11 is 0.901. The van der Waals surface area contributed by atoms with Gasteiger partial charge in [-0.25, -0.2) is 14.6 Å². The van der Waals surface area contributed by atoms with Crippen molar-refractivity contribution >= 4 is 45.9 Å². The van der Waals surface area contributed by atoms with Crippen LogP contribution in [0.4, 0.5) is 5.13 Å². The predicted octanol–water partition coefficient (Wildman–Crippen LogP) is 3.81. The van der Waals surface area contributed by atoms with E-state index >= 15 is 0 Å². The van der Waals surface area contributed by atoms with Crippen LogP contribution in [0.2, 0.25) is 0 Å². The molecule has 11 nitrogen and oxygen atoms in total. The van der Waals surface area contributed by atoms with E-state index in [0.29, 0.717) is 36.0 Å². The Morgan fingerprint density at radius 2 is 1.73 bits per heavy atom. The van der Waals surface area contributed by atoms with E-state index in [-0.39, 0.29) is 33.3 Å². The zero-order valence-corrected chi connectivity index (χ0v) is 22.6. The summed E-state index contributed by atoms with van der Waals surface area (Å²) < 4.78 is 21.0. The number of aryl methyl sites for hydroxylation is 1. The number of amides is 1. The number of aliphatic hydroxyl groups excluding tert-OH is 1. The molecule has 5 rings (SSSR count). The fourth-order valence-corrected chi connectivity index (χ4v) is 5.47. The van der Waals surface area contributed by atoms with Gasteiger partial charge in [-0.05, 0) is 49.7 Å². The maximum Gasteiger partial charge on any atom is 0.350 e. The first kappa shape index (κ1) is 26.9. The Kier molecular flexibility index (Phi) is 7.26. The highest BCUT2D eigenvalue weighted by Gasteiger charge is 2.48. The van der Waals surface area contributed by atoms with E-state index in [1.54, 1.807) is 38.1 Å². The van der Waals surface area contributed by atoms with Crippen molar-refractivity contribution in [3.8, 4) is 11.5 Å². The molecule has 2 aromatic carbocycles. The molecule has 206 valence electrons. The van der Waals surface area contributed by atoms with Crippen LogP contribution < -0.4 is 14.4 Å². The summed E-state index contributed by atoms with van der Waals surface area (Å²) in [5.41, 5.74) is 1.03. The molecule has 0 radical (unpaired) electrons. The van der Waals surface area contributed by atoms with Crippen LogP contribution in [0, 0.1) is 6.92 Å². The number of esters is 2. The molecule has 1 amide bonds. The number of thiazole rings is 1. The van der Waals surface area contributed by atoms with Crippen molar-refractivity contribution in [2.75, 3.05) is 31.8 Å². The molecule has 1 saturated heterocycles. The van der Waals surface area contributed by atoms with Crippen LogP contribution in [0.3, 0.4) is 0 Å². The lowest BCUT2D eigenvalue weighted by Crippen LogP contribution is -2.29. The molecule has 1 fully saturated rings. The van der Waals surface area contributed by atoms with Crippen molar-refractivity contribution in [1.82, 2.24) is 4.98 Å². The van der Waals surface area contributed by atoms with Crippen molar-refractivity contribution in [1.29, 1.82) is 0 Å². The second-order valence-corrected chi connectivity index (χ2v) is 9.75. The summed E-state index contributed by atoms with van der Waals surface area (Å²) in [6, 6.07) is 9.65. The number of Topliss-reactive ketones (excluding diaryl/α,β-unsaturated/α-hetero) is 1. The van der Waals surface area contributed by atoms with E-state index in [0.717, 1.165) is 16.2 Å². The van der Waals surface area contributed by atoms with Crippen molar-refractivity contribution in [3.05, 3.63) is 75.3 Å². The van der Waals surface area contributed by atoms with Crippen LogP contribution in [-0.4, -0.2) is 60.6 Å². The maximum atomic E-state index is 13.5. The summed E-state index contributed by atoms with van der Waals surface area (Å²) in [6.45, 7) is 4.12. The van der Waals surface area contributed by atoms with Gasteiger partial charge in [-0.2, -0.15) is 0 Å². The number of ketones is 1. The SMILES string of the molecule is CCOC(=O)c1sc(N2C(=O)C(=O)/C(=C(/O)c3ccc4c(c3)OCCO4)[C@@H]2c2ccc(C(=O)OC)cc2)nc1C. The molecule has 1 aromatic heterocycles. The first-order chi connectivity index (χ1) is 19.2. The number of methoxy groups -OCH3 is 1. The van der Waals surface area contributed by atoms with Crippen molar-refractivity contribution < 1.29 is 43.2 Å². The van der Waals surface area contributed by atoms with E-state index in [4.69, 9.17) is 18.9 Å². The summed E-state index contributed by atoms with van der Waals surface area (Å²) in [5, 5.41) is 11.5. The second kappa shape index (κ2) is 10.8. The number of benzene rings is 2. The standard InChI is InChI=1S/C28H24N2O9S/c1-4-37-27(35)24-14(2)29-28(40-24)30-21(15-5-7-16(8-6-15)26(34)36-3)20(23(32)25(30)33)22(31)17-9-10-18-19(13-17)39-12-11-38-18/h5-10,13,21,31H,4,11-12H2,1-3H3/b22-20+/t21-/m0/s1. The molecule has 40 heavy (non-hydrogen) atoms. The van der Waals surface area contributed by atoms with Gasteiger partial charge in [-0.3, -0.25) is 14.5 Å². The van der Waals surface area contributed by atoms with Crippen LogP contribution >= 0.6 is 11.3 Å². The number of ether oxygens (including phenoxy) is 4. The number of anilines is 1. The first-order valence-corrected chi connectivity index (χ1v) is 13.1. The molecule has 2 aliphatic heterocycles. The minimum absolute atomic E-state index is 0.0749. The Morgan fingerprint density at radius 3 is 2.40 bits per heavy atom. The van der Waals surface area contributed by atoms with Gasteiger partial charge in [0, 0.05) is 5.56 Å². The van der Waals surface area contributed by atoms with E-state index < -0.39 is 35.4 Å². The Bertz CT molecular complexity index is 1560. The fraction of sp³-hybridized carbons (Fsp3) is 0.250. The van der Waals surface area contributed by atoms with Gasteiger partial charge in [0.05, 0.1) is 36.6 Å². The van der Waals surface area contributed by atoms with Gasteiger partial charge in [-0.15, -0.1) is 0 Å². The van der Waals surface area contributed by atoms with Gasteiger partial charge in [-0.1, -0.05) is 23.5 Å². The molecular weight excluding hydrogens is 540 g/mol. The van der Waals surface area contributed by atoms with Crippen LogP contribution in [0.1, 0.15) is 49.8 Å². The number of fused-ring (bicyclic) bond motifs is 1. The second-order valence-electron chi connectivity index (χ2n) is 8.77. The molecule has 3 heterocycles. The van der Waals surface area contributed by atoms with Crippen LogP contribution in [0.15, 0.2) is 48.0 Å². The fourth-order valence-electron chi connectivity index (χ4n) is 4.48. The number of hydrogen-bond donors (Lipinski definition) is 1. The molecule has 1 N–H and O–H groups in total. The number of nitrogens with zero attached hydrogens (tertiary/aromatic N) is 2. The van der Waals surface area contributed by atoms with Crippen molar-refractivity contribution in [2.45, 2.75) is 19.9 Å². The lowest BCUT2D eigenvalue weighted by atomic mass is 9.94. The smallest absolute Gasteiger partial charge is 0.350 e. The van der Waals surface area contributed by atoms with Crippen molar-refractivity contribution in [2.24, 2.45) is 0 Å². The zero-order chi connectivity index (χ0) is 28.6. The molecule has 12 heteroatoms. The molecule has 0 saturated carbocycles. The predicted molar refractivity (Wildman–Crippen MR) is 143 cm³/mol. The van der Waals surface area contributed by atoms with E-state index in [1.165, 1.54) is 25.3 Å². The minimum atomic E-state index is -1.12. The van der Waals surface area contributed by atoms with Crippen LogP contribution in [-0.2, 0) is 19.1 Å². The Hall–Kier alpha value is -4.71. The molecular formula is C28H24N2O9S. The lowest BCUT2D eigenvalue weighted by Gasteiger charge is -2.23. The summed E-state index contributed by atoms with van der Waals surface area (Å²) in [6.07, 6.45) is 0. The monoisotopic (exact) mass is 564 g/mol. The highest BCUT2D eigenvalue weighted by atomic mass is 32.1. The Labute approximate surface area is 232 Å². The van der Waals surface area contributed by atoms with Gasteiger partial charge in [0.25, 0.3) is 5.78 Å². The van der Waals surface area contributed by atoms with Crippen LogP contribution in [0.25, 0.3) is 5.76 Å². The number of aliphatic hydroxyl groups is 1. The summed E-state index contributed by atoms with van der Waals surface area (Å²) in [4.78, 5) is 57.1. The number of carbonyl (C=O) groups is 4. The molecule has 2 aliphatic rings. The third-order valence-corrected chi connectivity index (χ3v) is 7.50. The van der Waals surface area contributed by atoms with E-state index in [2.05, 4.69) is 4.98 Å². The van der Waals surface area contributed by atoms with Gasteiger partial charge < -0.3 is 24.1 Å². The van der Waals surface area contributed by atoms with Gasteiger partial charge in [0.1, 0.15) is 23.9 Å². The van der Waals surface area contributed by atoms with Crippen molar-refractivity contribution in [3.63, 3.8) is 0 Å². The average Bonchev–Trinajstić information content (AvgIpc) is 3.48. The molecule has 0 aliphatic carbocycles. The molecule has 0 unspecified atom stereocenters. The number of rotatable bonds is 6. The van der Waals surface area contributed by atoms with E-state index in [9.17, 15) is 24.3 Å². The third-order valence-electron chi connectivity index (χ3n) is 6.36. The maximum absolute atomic E-state index is 13.5. The average molecular weight is 565 g/mol. The Balaban J connectivity index is 1.66. The van der Waals surface area contributed by atoms with E-state index in [1.807, 2.05) is 0 Å². The highest BCUT2D eigenvalue weighted by molar-refractivity contribution is 7.17. The number of aromatic nitrogens is 1. The quantitative estimate of drug-likeness (QED) is 0.203. The molecule has 0 spiro atoms. The molecule has 3 aromatic rings. The third kappa shape index (κ3) is 4.66. The van der Waals surface area contributed by atoms with Gasteiger partial charge in [0.2, 0.25) is 0 Å². The summed E-state index contributed by atoms with van der Waals surface area (Å²) in [5.74, 6) is -2.60. The normalized spacial score (nSPS) is 17.6. The summed E-state index contributed by atoms with van der Waals surface area (Å²) in [7, 11) is 1.25. The largest absolute Gasteiger partial charge is 0.507 e. The molecule has 1 atom stereocenters. The first-order valence-electron chi connectivity index (χ1n) is 12.3. The number of hydrogen-bond acceptors (Lipinski definition) is 11. The number of carbonyl (C=O) groups excluding carboxylic acids is 4. The molecule has 0 bridgehead atoms.